The van der Waals surface area contributed by atoms with Crippen LogP contribution in [0, 0.1) is 5.92 Å². The molecule has 1 amide bonds. The Balaban J connectivity index is 0.00000156. The molecular formula is C17H22ClN3OS. The quantitative estimate of drug-likeness (QED) is 0.902. The zero-order valence-electron chi connectivity index (χ0n) is 13.4. The molecule has 0 saturated carbocycles. The maximum atomic E-state index is 12.7. The Labute approximate surface area is 146 Å². The fourth-order valence-corrected chi connectivity index (χ4v) is 4.98. The molecule has 3 aliphatic heterocycles. The van der Waals surface area contributed by atoms with Crippen LogP contribution in [0.25, 0.3) is 10.2 Å². The Morgan fingerprint density at radius 2 is 2.13 bits per heavy atom. The molecule has 124 valence electrons. The van der Waals surface area contributed by atoms with E-state index in [1.807, 2.05) is 18.2 Å². The molecule has 0 aromatic carbocycles. The number of aromatic nitrogens is 1. The Hall–Kier alpha value is -1.17. The lowest BCUT2D eigenvalue weighted by molar-refractivity contribution is -0.0377. The Kier molecular flexibility index (Phi) is 4.38. The predicted molar refractivity (Wildman–Crippen MR) is 96.5 cm³/mol. The second-order valence-corrected chi connectivity index (χ2v) is 7.97. The molecule has 3 fully saturated rings. The third-order valence-electron chi connectivity index (χ3n) is 5.39. The van der Waals surface area contributed by atoms with E-state index in [1.165, 1.54) is 24.2 Å². The predicted octanol–water partition coefficient (Wildman–Crippen LogP) is 3.32. The molecule has 1 N–H and O–H groups in total. The molecule has 0 spiro atoms. The highest BCUT2D eigenvalue weighted by molar-refractivity contribution is 7.20. The van der Waals surface area contributed by atoms with Crippen LogP contribution in [-0.4, -0.2) is 40.5 Å². The monoisotopic (exact) mass is 351 g/mol. The second-order valence-electron chi connectivity index (χ2n) is 6.94. The van der Waals surface area contributed by atoms with E-state index in [-0.39, 0.29) is 29.9 Å². The van der Waals surface area contributed by atoms with Gasteiger partial charge in [0.1, 0.15) is 4.83 Å². The molecule has 0 aliphatic carbocycles. The van der Waals surface area contributed by atoms with Gasteiger partial charge in [-0.3, -0.25) is 9.69 Å². The number of thiophene rings is 1. The molecule has 2 aromatic heterocycles. The normalized spacial score (nSPS) is 28.3. The van der Waals surface area contributed by atoms with Crippen LogP contribution in [0.1, 0.15) is 36.4 Å². The van der Waals surface area contributed by atoms with Gasteiger partial charge >= 0.3 is 0 Å². The number of fused-ring (bicyclic) bond motifs is 4. The number of hydrogen-bond donors (Lipinski definition) is 1. The highest BCUT2D eigenvalue weighted by Gasteiger charge is 2.48. The van der Waals surface area contributed by atoms with E-state index >= 15 is 0 Å². The van der Waals surface area contributed by atoms with E-state index in [9.17, 15) is 4.79 Å². The van der Waals surface area contributed by atoms with Crippen molar-refractivity contribution in [3.8, 4) is 0 Å². The van der Waals surface area contributed by atoms with E-state index in [1.54, 1.807) is 6.20 Å². The molecule has 5 heterocycles. The van der Waals surface area contributed by atoms with Crippen LogP contribution in [0.2, 0.25) is 0 Å². The summed E-state index contributed by atoms with van der Waals surface area (Å²) in [5, 5.41) is 4.37. The fraction of sp³-hybridized carbons (Fsp3) is 0.529. The van der Waals surface area contributed by atoms with Crippen molar-refractivity contribution < 1.29 is 4.79 Å². The molecular weight excluding hydrogens is 330 g/mol. The average Bonchev–Trinajstić information content (AvgIpc) is 2.95. The Bertz CT molecular complexity index is 688. The molecule has 1 atom stereocenters. The number of hydrogen-bond acceptors (Lipinski definition) is 4. The smallest absolute Gasteiger partial charge is 0.261 e. The van der Waals surface area contributed by atoms with E-state index in [0.29, 0.717) is 5.92 Å². The first-order chi connectivity index (χ1) is 10.6. The first-order valence-electron chi connectivity index (χ1n) is 7.96. The molecule has 2 aromatic rings. The zero-order chi connectivity index (χ0) is 15.3. The van der Waals surface area contributed by atoms with Gasteiger partial charge in [0.2, 0.25) is 0 Å². The van der Waals surface area contributed by atoms with Crippen LogP contribution in [0.5, 0.6) is 0 Å². The highest BCUT2D eigenvalue weighted by Crippen LogP contribution is 2.39. The minimum Gasteiger partial charge on any atom is -0.346 e. The standard InChI is InChI=1S/C17H21N3OS.ClH/c1-17(2)14(11-5-8-20(17)9-6-11)19-15(21)13-10-12-4-3-7-18-16(12)22-13;/h3-4,7,10-11,14H,5-6,8-9H2,1-2H3,(H,19,21);1H/t14-;/m0./s1. The second kappa shape index (κ2) is 6.04. The molecule has 3 aliphatic rings. The van der Waals surface area contributed by atoms with Crippen LogP contribution in [-0.2, 0) is 0 Å². The maximum absolute atomic E-state index is 12.7. The van der Waals surface area contributed by atoms with Crippen molar-refractivity contribution in [3.05, 3.63) is 29.3 Å². The fourth-order valence-electron chi connectivity index (χ4n) is 4.07. The summed E-state index contributed by atoms with van der Waals surface area (Å²) >= 11 is 1.48. The summed E-state index contributed by atoms with van der Waals surface area (Å²) in [6, 6.07) is 6.11. The van der Waals surface area contributed by atoms with Gasteiger partial charge in [0.15, 0.2) is 0 Å². The molecule has 6 heteroatoms. The number of halogens is 1. The van der Waals surface area contributed by atoms with Crippen molar-refractivity contribution >= 4 is 39.9 Å². The number of nitrogens with one attached hydrogen (secondary N) is 1. The van der Waals surface area contributed by atoms with Crippen molar-refractivity contribution in [1.82, 2.24) is 15.2 Å². The van der Waals surface area contributed by atoms with Crippen LogP contribution in [0.3, 0.4) is 0 Å². The van der Waals surface area contributed by atoms with Gasteiger partial charge in [0.25, 0.3) is 5.91 Å². The van der Waals surface area contributed by atoms with Crippen LogP contribution in [0.15, 0.2) is 24.4 Å². The summed E-state index contributed by atoms with van der Waals surface area (Å²) < 4.78 is 0. The molecule has 3 saturated heterocycles. The van der Waals surface area contributed by atoms with Crippen molar-refractivity contribution in [2.75, 3.05) is 13.1 Å². The third kappa shape index (κ3) is 2.75. The van der Waals surface area contributed by atoms with E-state index in [0.717, 1.165) is 28.2 Å². The summed E-state index contributed by atoms with van der Waals surface area (Å²) in [5.41, 5.74) is 0.0474. The number of nitrogens with zero attached hydrogens (tertiary/aromatic N) is 2. The number of amides is 1. The number of pyridine rings is 1. The largest absolute Gasteiger partial charge is 0.346 e. The number of rotatable bonds is 2. The van der Waals surface area contributed by atoms with Gasteiger partial charge in [-0.2, -0.15) is 0 Å². The molecule has 4 nitrogen and oxygen atoms in total. The zero-order valence-corrected chi connectivity index (χ0v) is 15.0. The van der Waals surface area contributed by atoms with Gasteiger partial charge in [-0.1, -0.05) is 6.07 Å². The van der Waals surface area contributed by atoms with Gasteiger partial charge in [-0.15, -0.1) is 23.7 Å². The van der Waals surface area contributed by atoms with Gasteiger partial charge in [0, 0.05) is 23.2 Å². The van der Waals surface area contributed by atoms with Crippen LogP contribution in [0.4, 0.5) is 0 Å². The molecule has 0 unspecified atom stereocenters. The number of carbonyl (C=O) groups excluding carboxylic acids is 1. The topological polar surface area (TPSA) is 45.2 Å². The van der Waals surface area contributed by atoms with Gasteiger partial charge in [0.05, 0.1) is 4.88 Å². The Morgan fingerprint density at radius 1 is 1.39 bits per heavy atom. The first-order valence-corrected chi connectivity index (χ1v) is 8.78. The highest BCUT2D eigenvalue weighted by atomic mass is 35.5. The van der Waals surface area contributed by atoms with E-state index in [2.05, 4.69) is 29.0 Å². The minimum absolute atomic E-state index is 0. The van der Waals surface area contributed by atoms with Gasteiger partial charge in [-0.25, -0.2) is 4.98 Å². The van der Waals surface area contributed by atoms with E-state index in [4.69, 9.17) is 0 Å². The summed E-state index contributed by atoms with van der Waals surface area (Å²) in [7, 11) is 0. The summed E-state index contributed by atoms with van der Waals surface area (Å²) in [5.74, 6) is 0.659. The molecule has 0 radical (unpaired) electrons. The number of carbonyl (C=O) groups is 1. The molecule has 2 bridgehead atoms. The summed E-state index contributed by atoms with van der Waals surface area (Å²) in [6.07, 6.45) is 4.17. The van der Waals surface area contributed by atoms with Crippen molar-refractivity contribution in [1.29, 1.82) is 0 Å². The molecule has 23 heavy (non-hydrogen) atoms. The van der Waals surface area contributed by atoms with Crippen molar-refractivity contribution in [2.24, 2.45) is 5.92 Å². The third-order valence-corrected chi connectivity index (χ3v) is 6.45. The minimum atomic E-state index is 0. The summed E-state index contributed by atoms with van der Waals surface area (Å²) in [6.45, 7) is 6.85. The van der Waals surface area contributed by atoms with Gasteiger partial charge in [-0.05, 0) is 57.8 Å². The average molecular weight is 352 g/mol. The Morgan fingerprint density at radius 3 is 2.78 bits per heavy atom. The summed E-state index contributed by atoms with van der Waals surface area (Å²) in [4.78, 5) is 21.2. The molecule has 5 rings (SSSR count). The maximum Gasteiger partial charge on any atom is 0.261 e. The lowest BCUT2D eigenvalue weighted by Gasteiger charge is -2.56. The lowest BCUT2D eigenvalue weighted by Crippen LogP contribution is -2.69. The van der Waals surface area contributed by atoms with Gasteiger partial charge < -0.3 is 5.32 Å². The van der Waals surface area contributed by atoms with Crippen molar-refractivity contribution in [3.63, 3.8) is 0 Å². The van der Waals surface area contributed by atoms with Crippen molar-refractivity contribution in [2.45, 2.75) is 38.3 Å². The van der Waals surface area contributed by atoms with Crippen LogP contribution >= 0.6 is 23.7 Å². The van der Waals surface area contributed by atoms with E-state index < -0.39 is 0 Å². The SMILES string of the molecule is CC1(C)[C@@H](NC(=O)c2cc3cccnc3s2)C2CCN1CC2.Cl. The lowest BCUT2D eigenvalue weighted by atomic mass is 9.72. The first kappa shape index (κ1) is 16.7. The van der Waals surface area contributed by atoms with Crippen LogP contribution < -0.4 is 5.32 Å². The number of piperidine rings is 3.